The van der Waals surface area contributed by atoms with E-state index in [-0.39, 0.29) is 0 Å². The molecule has 1 aliphatic carbocycles. The average molecular weight is 326 g/mol. The second-order valence-corrected chi connectivity index (χ2v) is 6.28. The lowest BCUT2D eigenvalue weighted by Crippen LogP contribution is -2.47. The molecule has 2 rings (SSSR count). The van der Waals surface area contributed by atoms with Gasteiger partial charge in [0.05, 0.1) is 9.82 Å². The van der Waals surface area contributed by atoms with Gasteiger partial charge in [0.1, 0.15) is 5.54 Å². The summed E-state index contributed by atoms with van der Waals surface area (Å²) in [5.41, 5.74) is -3.42. The number of nitro groups is 1. The zero-order valence-corrected chi connectivity index (χ0v) is 11.0. The molecule has 0 atom stereocenters. The minimum absolute atomic E-state index is 0.393. The van der Waals surface area contributed by atoms with E-state index in [0.29, 0.717) is 6.07 Å². The molecule has 0 amide bonds. The number of nitro benzene ring substituents is 1. The number of aromatic hydroxyl groups is 1. The predicted molar refractivity (Wildman–Crippen MR) is 63.1 cm³/mol. The second-order valence-electron chi connectivity index (χ2n) is 4.59. The van der Waals surface area contributed by atoms with Crippen molar-refractivity contribution in [1.82, 2.24) is 4.72 Å². The number of halogens is 3. The Labute approximate surface area is 116 Å². The predicted octanol–water partition coefficient (Wildman–Crippen LogP) is 1.67. The van der Waals surface area contributed by atoms with Crippen LogP contribution < -0.4 is 4.72 Å². The van der Waals surface area contributed by atoms with Crippen LogP contribution in [0, 0.1) is 10.1 Å². The minimum Gasteiger partial charge on any atom is -0.502 e. The first kappa shape index (κ1) is 15.5. The van der Waals surface area contributed by atoms with E-state index >= 15 is 0 Å². The SMILES string of the molecule is O=[N+]([O-])c1cc(S(=O)(=O)NC2(C(F)(F)F)CC2)ccc1O. The fourth-order valence-electron chi connectivity index (χ4n) is 1.70. The largest absolute Gasteiger partial charge is 0.502 e. The van der Waals surface area contributed by atoms with Crippen LogP contribution in [0.1, 0.15) is 12.8 Å². The Bertz CT molecular complexity index is 697. The molecule has 21 heavy (non-hydrogen) atoms. The summed E-state index contributed by atoms with van der Waals surface area (Å²) in [6.45, 7) is 0. The van der Waals surface area contributed by atoms with Gasteiger partial charge in [0.25, 0.3) is 0 Å². The van der Waals surface area contributed by atoms with E-state index in [4.69, 9.17) is 0 Å². The van der Waals surface area contributed by atoms with Gasteiger partial charge in [0.15, 0.2) is 5.75 Å². The third-order valence-corrected chi connectivity index (χ3v) is 4.61. The van der Waals surface area contributed by atoms with Gasteiger partial charge in [-0.2, -0.15) is 17.9 Å². The van der Waals surface area contributed by atoms with Gasteiger partial charge >= 0.3 is 11.9 Å². The minimum atomic E-state index is -4.75. The van der Waals surface area contributed by atoms with Crippen molar-refractivity contribution in [2.24, 2.45) is 0 Å². The Hall–Kier alpha value is -1.88. The standard InChI is InChI=1S/C10H9F3N2O5S/c11-10(12,13)9(3-4-9)14-21(19,20)6-1-2-8(16)7(5-6)15(17)18/h1-2,5,14,16H,3-4H2. The molecular formula is C10H9F3N2O5S. The fourth-order valence-corrected chi connectivity index (χ4v) is 3.17. The Morgan fingerprint density at radius 3 is 2.33 bits per heavy atom. The van der Waals surface area contributed by atoms with Crippen LogP contribution >= 0.6 is 0 Å². The summed E-state index contributed by atoms with van der Waals surface area (Å²) in [4.78, 5) is 8.85. The molecule has 116 valence electrons. The molecule has 1 fully saturated rings. The summed E-state index contributed by atoms with van der Waals surface area (Å²) >= 11 is 0. The smallest absolute Gasteiger partial charge is 0.407 e. The van der Waals surface area contributed by atoms with E-state index in [2.05, 4.69) is 0 Å². The van der Waals surface area contributed by atoms with Crippen molar-refractivity contribution in [3.05, 3.63) is 28.3 Å². The number of nitrogens with zero attached hydrogens (tertiary/aromatic N) is 1. The molecule has 1 saturated carbocycles. The molecule has 0 aromatic heterocycles. The van der Waals surface area contributed by atoms with Crippen molar-refractivity contribution in [3.63, 3.8) is 0 Å². The zero-order chi connectivity index (χ0) is 16.1. The normalized spacial score (nSPS) is 17.5. The molecule has 0 spiro atoms. The monoisotopic (exact) mass is 326 g/mol. The lowest BCUT2D eigenvalue weighted by molar-refractivity contribution is -0.386. The first-order valence-corrected chi connectivity index (χ1v) is 7.05. The molecule has 0 saturated heterocycles. The maximum absolute atomic E-state index is 12.7. The van der Waals surface area contributed by atoms with Gasteiger partial charge in [-0.3, -0.25) is 10.1 Å². The summed E-state index contributed by atoms with van der Waals surface area (Å²) in [7, 11) is -4.60. The fraction of sp³-hybridized carbons (Fsp3) is 0.400. The molecule has 2 N–H and O–H groups in total. The molecular weight excluding hydrogens is 317 g/mol. The van der Waals surface area contributed by atoms with E-state index in [0.717, 1.165) is 12.1 Å². The highest BCUT2D eigenvalue weighted by molar-refractivity contribution is 7.89. The summed E-state index contributed by atoms with van der Waals surface area (Å²) in [5, 5.41) is 19.8. The maximum atomic E-state index is 12.7. The lowest BCUT2D eigenvalue weighted by Gasteiger charge is -2.20. The third-order valence-electron chi connectivity index (χ3n) is 3.08. The van der Waals surface area contributed by atoms with Gasteiger partial charge in [-0.05, 0) is 25.0 Å². The number of sulfonamides is 1. The van der Waals surface area contributed by atoms with E-state index in [1.54, 1.807) is 0 Å². The van der Waals surface area contributed by atoms with Gasteiger partial charge in [0.2, 0.25) is 10.0 Å². The Morgan fingerprint density at radius 2 is 1.90 bits per heavy atom. The van der Waals surface area contributed by atoms with Crippen LogP contribution in [0.3, 0.4) is 0 Å². The van der Waals surface area contributed by atoms with Crippen molar-refractivity contribution >= 4 is 15.7 Å². The maximum Gasteiger partial charge on any atom is 0.407 e. The van der Waals surface area contributed by atoms with Gasteiger partial charge in [-0.25, -0.2) is 8.42 Å². The van der Waals surface area contributed by atoms with Crippen LogP contribution in [-0.2, 0) is 10.0 Å². The van der Waals surface area contributed by atoms with Crippen molar-refractivity contribution in [1.29, 1.82) is 0 Å². The number of hydrogen-bond acceptors (Lipinski definition) is 5. The first-order valence-electron chi connectivity index (χ1n) is 5.57. The van der Waals surface area contributed by atoms with Gasteiger partial charge in [-0.15, -0.1) is 0 Å². The van der Waals surface area contributed by atoms with E-state index in [1.807, 2.05) is 0 Å². The summed E-state index contributed by atoms with van der Waals surface area (Å²) < 4.78 is 63.6. The highest BCUT2D eigenvalue weighted by Gasteiger charge is 2.65. The highest BCUT2D eigenvalue weighted by Crippen LogP contribution is 2.49. The lowest BCUT2D eigenvalue weighted by atomic mass is 10.3. The zero-order valence-electron chi connectivity index (χ0n) is 10.2. The topological polar surface area (TPSA) is 110 Å². The molecule has 0 heterocycles. The number of rotatable bonds is 4. The van der Waals surface area contributed by atoms with E-state index in [1.165, 1.54) is 4.72 Å². The summed E-state index contributed by atoms with van der Waals surface area (Å²) in [6.07, 6.45) is -5.53. The molecule has 0 unspecified atom stereocenters. The molecule has 7 nitrogen and oxygen atoms in total. The van der Waals surface area contributed by atoms with Crippen molar-refractivity contribution in [2.75, 3.05) is 0 Å². The number of hydrogen-bond donors (Lipinski definition) is 2. The molecule has 11 heteroatoms. The van der Waals surface area contributed by atoms with Crippen LogP contribution in [-0.4, -0.2) is 30.2 Å². The molecule has 1 aliphatic rings. The van der Waals surface area contributed by atoms with Crippen molar-refractivity contribution in [3.8, 4) is 5.75 Å². The summed E-state index contributed by atoms with van der Waals surface area (Å²) in [6, 6.07) is 2.03. The number of phenols is 1. The van der Waals surface area contributed by atoms with E-state index in [9.17, 15) is 36.8 Å². The third kappa shape index (κ3) is 2.78. The quantitative estimate of drug-likeness (QED) is 0.646. The molecule has 1 aromatic carbocycles. The number of nitrogens with one attached hydrogen (secondary N) is 1. The Kier molecular flexibility index (Phi) is 3.37. The van der Waals surface area contributed by atoms with Crippen LogP contribution in [0.5, 0.6) is 5.75 Å². The summed E-state index contributed by atoms with van der Waals surface area (Å²) in [5.74, 6) is -0.782. The van der Waals surface area contributed by atoms with Crippen molar-refractivity contribution in [2.45, 2.75) is 29.5 Å². The molecule has 0 aliphatic heterocycles. The number of phenolic OH excluding ortho intramolecular Hbond substituents is 1. The van der Waals surface area contributed by atoms with Gasteiger partial charge in [0, 0.05) is 6.07 Å². The Balaban J connectivity index is 2.38. The van der Waals surface area contributed by atoms with Crippen LogP contribution in [0.2, 0.25) is 0 Å². The first-order chi connectivity index (χ1) is 9.48. The number of alkyl halides is 3. The molecule has 0 bridgehead atoms. The van der Waals surface area contributed by atoms with Crippen LogP contribution in [0.4, 0.5) is 18.9 Å². The highest BCUT2D eigenvalue weighted by atomic mass is 32.2. The van der Waals surface area contributed by atoms with Crippen LogP contribution in [0.25, 0.3) is 0 Å². The second kappa shape index (κ2) is 4.56. The average Bonchev–Trinajstić information content (AvgIpc) is 3.08. The van der Waals surface area contributed by atoms with Gasteiger partial charge < -0.3 is 5.11 Å². The Morgan fingerprint density at radius 1 is 1.33 bits per heavy atom. The number of benzene rings is 1. The van der Waals surface area contributed by atoms with E-state index < -0.39 is 55.8 Å². The van der Waals surface area contributed by atoms with Gasteiger partial charge in [-0.1, -0.05) is 0 Å². The van der Waals surface area contributed by atoms with Crippen LogP contribution in [0.15, 0.2) is 23.1 Å². The molecule has 0 radical (unpaired) electrons. The molecule has 1 aromatic rings. The van der Waals surface area contributed by atoms with Crippen molar-refractivity contribution < 1.29 is 31.6 Å².